The summed E-state index contributed by atoms with van der Waals surface area (Å²) in [6.45, 7) is 0.343. The number of nitrogens with one attached hydrogen (secondary N) is 1. The molecule has 0 unspecified atom stereocenters. The molecule has 144 valence electrons. The van der Waals surface area contributed by atoms with Gasteiger partial charge in [-0.3, -0.25) is 4.79 Å². The summed E-state index contributed by atoms with van der Waals surface area (Å²) in [4.78, 5) is 12.9. The molecule has 3 rings (SSSR count). The van der Waals surface area contributed by atoms with Gasteiger partial charge in [0.05, 0.1) is 19.8 Å². The number of amides is 1. The van der Waals surface area contributed by atoms with Crippen LogP contribution in [0.3, 0.4) is 0 Å². The van der Waals surface area contributed by atoms with Crippen LogP contribution in [0.5, 0.6) is 17.2 Å². The fourth-order valence-corrected chi connectivity index (χ4v) is 2.79. The Labute approximate surface area is 168 Å². The molecule has 0 aliphatic heterocycles. The van der Waals surface area contributed by atoms with Gasteiger partial charge in [-0.2, -0.15) is 0 Å². The van der Waals surface area contributed by atoms with E-state index in [2.05, 4.69) is 5.32 Å². The molecule has 3 aromatic carbocycles. The summed E-state index contributed by atoms with van der Waals surface area (Å²) in [5.41, 5.74) is 1.88. The fourth-order valence-electron chi connectivity index (χ4n) is 2.62. The summed E-state index contributed by atoms with van der Waals surface area (Å²) in [6, 6.07) is 19.8. The average molecular weight is 398 g/mol. The molecular weight excluding hydrogens is 378 g/mol. The van der Waals surface area contributed by atoms with Gasteiger partial charge >= 0.3 is 0 Å². The summed E-state index contributed by atoms with van der Waals surface area (Å²) in [5.74, 6) is 1.24. The molecule has 1 amide bonds. The van der Waals surface area contributed by atoms with E-state index < -0.39 is 0 Å². The van der Waals surface area contributed by atoms with Crippen molar-refractivity contribution < 1.29 is 19.0 Å². The van der Waals surface area contributed by atoms with Crippen molar-refractivity contribution in [3.05, 3.63) is 82.9 Å². The Hall–Kier alpha value is -3.18. The van der Waals surface area contributed by atoms with E-state index >= 15 is 0 Å². The number of hydrogen-bond acceptors (Lipinski definition) is 4. The van der Waals surface area contributed by atoms with Gasteiger partial charge < -0.3 is 19.5 Å². The number of carbonyl (C=O) groups is 1. The lowest BCUT2D eigenvalue weighted by Crippen LogP contribution is -2.14. The number of benzene rings is 3. The Bertz CT molecular complexity index is 938. The molecule has 1 N–H and O–H groups in total. The molecule has 3 aromatic rings. The van der Waals surface area contributed by atoms with E-state index in [1.165, 1.54) is 0 Å². The van der Waals surface area contributed by atoms with E-state index in [0.29, 0.717) is 40.1 Å². The van der Waals surface area contributed by atoms with Gasteiger partial charge in [-0.05, 0) is 23.8 Å². The van der Waals surface area contributed by atoms with Crippen LogP contribution in [0.25, 0.3) is 0 Å². The zero-order chi connectivity index (χ0) is 19.9. The number of anilines is 1. The average Bonchev–Trinajstić information content (AvgIpc) is 2.73. The van der Waals surface area contributed by atoms with Crippen LogP contribution in [0.2, 0.25) is 5.02 Å². The van der Waals surface area contributed by atoms with Crippen molar-refractivity contribution in [2.24, 2.45) is 0 Å². The van der Waals surface area contributed by atoms with Gasteiger partial charge in [0.2, 0.25) is 0 Å². The van der Waals surface area contributed by atoms with Gasteiger partial charge in [-0.25, -0.2) is 0 Å². The van der Waals surface area contributed by atoms with Gasteiger partial charge in [0.15, 0.2) is 0 Å². The minimum atomic E-state index is -0.346. The second-order valence-electron chi connectivity index (χ2n) is 5.97. The predicted octanol–water partition coefficient (Wildman–Crippen LogP) is 5.19. The molecule has 0 fully saturated rings. The van der Waals surface area contributed by atoms with E-state index in [9.17, 15) is 4.79 Å². The van der Waals surface area contributed by atoms with Gasteiger partial charge in [0.1, 0.15) is 23.9 Å². The Morgan fingerprint density at radius 3 is 2.25 bits per heavy atom. The molecule has 28 heavy (non-hydrogen) atoms. The summed E-state index contributed by atoms with van der Waals surface area (Å²) in [7, 11) is 3.10. The highest BCUT2D eigenvalue weighted by atomic mass is 35.5. The van der Waals surface area contributed by atoms with Gasteiger partial charge in [0.25, 0.3) is 5.91 Å². The molecule has 0 saturated carbocycles. The Morgan fingerprint density at radius 2 is 1.61 bits per heavy atom. The Balaban J connectivity index is 1.82. The maximum absolute atomic E-state index is 12.9. The van der Waals surface area contributed by atoms with Crippen molar-refractivity contribution >= 4 is 23.2 Å². The lowest BCUT2D eigenvalue weighted by atomic mass is 10.1. The molecule has 0 heterocycles. The van der Waals surface area contributed by atoms with Gasteiger partial charge in [-0.15, -0.1) is 0 Å². The molecule has 5 nitrogen and oxygen atoms in total. The number of methoxy groups -OCH3 is 2. The predicted molar refractivity (Wildman–Crippen MR) is 110 cm³/mol. The number of halogens is 1. The minimum absolute atomic E-state index is 0.338. The maximum Gasteiger partial charge on any atom is 0.259 e. The standard InChI is InChI=1S/C22H20ClNO4/c1-26-18-11-17(12-19(13-18)27-2)24-22(25)20-10-16(23)8-9-21(20)28-14-15-6-4-3-5-7-15/h3-13H,14H2,1-2H3,(H,24,25). The monoisotopic (exact) mass is 397 g/mol. The van der Waals surface area contributed by atoms with Crippen molar-refractivity contribution in [1.82, 2.24) is 0 Å². The topological polar surface area (TPSA) is 56.8 Å². The van der Waals surface area contributed by atoms with Gasteiger partial charge in [0, 0.05) is 28.9 Å². The third kappa shape index (κ3) is 4.96. The number of hydrogen-bond donors (Lipinski definition) is 1. The number of carbonyl (C=O) groups excluding carboxylic acids is 1. The van der Waals surface area contributed by atoms with Crippen LogP contribution in [0, 0.1) is 0 Å². The van der Waals surface area contributed by atoms with E-state index in [1.54, 1.807) is 50.6 Å². The first-order chi connectivity index (χ1) is 13.6. The molecule has 0 aliphatic rings. The van der Waals surface area contributed by atoms with Crippen LogP contribution >= 0.6 is 11.6 Å². The number of rotatable bonds is 7. The second-order valence-corrected chi connectivity index (χ2v) is 6.41. The van der Waals surface area contributed by atoms with Crippen LogP contribution in [0.15, 0.2) is 66.7 Å². The van der Waals surface area contributed by atoms with Crippen LogP contribution < -0.4 is 19.5 Å². The highest BCUT2D eigenvalue weighted by Gasteiger charge is 2.15. The highest BCUT2D eigenvalue weighted by Crippen LogP contribution is 2.28. The lowest BCUT2D eigenvalue weighted by Gasteiger charge is -2.13. The first kappa shape index (κ1) is 19.6. The normalized spacial score (nSPS) is 10.2. The van der Waals surface area contributed by atoms with Gasteiger partial charge in [-0.1, -0.05) is 41.9 Å². The second kappa shape index (κ2) is 9.15. The quantitative estimate of drug-likeness (QED) is 0.596. The van der Waals surface area contributed by atoms with E-state index in [1.807, 2.05) is 30.3 Å². The Kier molecular flexibility index (Phi) is 6.40. The van der Waals surface area contributed by atoms with E-state index in [4.69, 9.17) is 25.8 Å². The van der Waals surface area contributed by atoms with Crippen molar-refractivity contribution in [3.8, 4) is 17.2 Å². The summed E-state index contributed by atoms with van der Waals surface area (Å²) < 4.78 is 16.3. The van der Waals surface area contributed by atoms with Crippen molar-refractivity contribution in [3.63, 3.8) is 0 Å². The van der Waals surface area contributed by atoms with Crippen LogP contribution in [0.1, 0.15) is 15.9 Å². The SMILES string of the molecule is COc1cc(NC(=O)c2cc(Cl)ccc2OCc2ccccc2)cc(OC)c1. The highest BCUT2D eigenvalue weighted by molar-refractivity contribution is 6.31. The fraction of sp³-hybridized carbons (Fsp3) is 0.136. The molecule has 0 spiro atoms. The molecule has 0 saturated heterocycles. The maximum atomic E-state index is 12.9. The molecule has 0 aromatic heterocycles. The smallest absolute Gasteiger partial charge is 0.259 e. The molecule has 0 radical (unpaired) electrons. The molecule has 6 heteroatoms. The van der Waals surface area contributed by atoms with Crippen LogP contribution in [-0.4, -0.2) is 20.1 Å². The third-order valence-corrected chi connectivity index (χ3v) is 4.27. The molecule has 0 bridgehead atoms. The molecule has 0 aliphatic carbocycles. The molecule has 0 atom stereocenters. The first-order valence-corrected chi connectivity index (χ1v) is 8.97. The summed E-state index contributed by atoms with van der Waals surface area (Å²) in [5, 5.41) is 3.28. The first-order valence-electron chi connectivity index (χ1n) is 8.59. The largest absolute Gasteiger partial charge is 0.497 e. The summed E-state index contributed by atoms with van der Waals surface area (Å²) >= 11 is 6.10. The van der Waals surface area contributed by atoms with E-state index in [0.717, 1.165) is 5.56 Å². The van der Waals surface area contributed by atoms with Crippen molar-refractivity contribution in [1.29, 1.82) is 0 Å². The minimum Gasteiger partial charge on any atom is -0.497 e. The van der Waals surface area contributed by atoms with E-state index in [-0.39, 0.29) is 5.91 Å². The molecular formula is C22H20ClNO4. The summed E-state index contributed by atoms with van der Waals surface area (Å²) in [6.07, 6.45) is 0. The zero-order valence-corrected chi connectivity index (χ0v) is 16.3. The third-order valence-electron chi connectivity index (χ3n) is 4.03. The van der Waals surface area contributed by atoms with Crippen molar-refractivity contribution in [2.75, 3.05) is 19.5 Å². The zero-order valence-electron chi connectivity index (χ0n) is 15.6. The van der Waals surface area contributed by atoms with Crippen LogP contribution in [0.4, 0.5) is 5.69 Å². The number of ether oxygens (including phenoxy) is 3. The lowest BCUT2D eigenvalue weighted by molar-refractivity contribution is 0.102. The van der Waals surface area contributed by atoms with Crippen LogP contribution in [-0.2, 0) is 6.61 Å². The Morgan fingerprint density at radius 1 is 0.929 bits per heavy atom. The van der Waals surface area contributed by atoms with Crippen molar-refractivity contribution in [2.45, 2.75) is 6.61 Å².